The summed E-state index contributed by atoms with van der Waals surface area (Å²) in [6, 6.07) is 10.4. The van der Waals surface area contributed by atoms with Crippen LogP contribution in [0.2, 0.25) is 0 Å². The zero-order chi connectivity index (χ0) is 13.0. The first-order valence-corrected chi connectivity index (χ1v) is 6.08. The van der Waals surface area contributed by atoms with Crippen LogP contribution < -0.4 is 4.74 Å². The van der Waals surface area contributed by atoms with E-state index in [1.807, 2.05) is 18.2 Å². The van der Waals surface area contributed by atoms with E-state index in [1.165, 1.54) is 5.56 Å². The summed E-state index contributed by atoms with van der Waals surface area (Å²) < 4.78 is 5.18. The van der Waals surface area contributed by atoms with E-state index in [-0.39, 0.29) is 11.3 Å². The summed E-state index contributed by atoms with van der Waals surface area (Å²) >= 11 is 0. The molecule has 0 aliphatic heterocycles. The van der Waals surface area contributed by atoms with Crippen LogP contribution in [0.1, 0.15) is 18.9 Å². The molecule has 1 aliphatic rings. The van der Waals surface area contributed by atoms with E-state index < -0.39 is 0 Å². The third-order valence-corrected chi connectivity index (χ3v) is 3.69. The Bertz CT molecular complexity index is 507. The Morgan fingerprint density at radius 1 is 1.28 bits per heavy atom. The highest BCUT2D eigenvalue weighted by atomic mass is 16.5. The van der Waals surface area contributed by atoms with Gasteiger partial charge in [0.05, 0.1) is 13.2 Å². The van der Waals surface area contributed by atoms with Crippen molar-refractivity contribution in [3.63, 3.8) is 0 Å². The number of hydrogen-bond acceptors (Lipinski definition) is 2. The van der Waals surface area contributed by atoms with Crippen LogP contribution in [-0.4, -0.2) is 7.11 Å². The van der Waals surface area contributed by atoms with Gasteiger partial charge < -0.3 is 4.74 Å². The molecule has 2 unspecified atom stereocenters. The van der Waals surface area contributed by atoms with Gasteiger partial charge in [-0.05, 0) is 17.7 Å². The fourth-order valence-electron chi connectivity index (χ4n) is 2.42. The molecular weight excluding hydrogens is 222 g/mol. The summed E-state index contributed by atoms with van der Waals surface area (Å²) in [5, 5.41) is 8.95. The second-order valence-electron chi connectivity index (χ2n) is 4.72. The third kappa shape index (κ3) is 2.17. The Kier molecular flexibility index (Phi) is 3.53. The molecule has 2 nitrogen and oxygen atoms in total. The van der Waals surface area contributed by atoms with E-state index in [2.05, 4.69) is 43.4 Å². The molecule has 0 bridgehead atoms. The molecule has 0 heterocycles. The maximum Gasteiger partial charge on any atom is 0.118 e. The normalized spacial score (nSPS) is 25.7. The Balaban J connectivity index is 2.36. The highest BCUT2D eigenvalue weighted by molar-refractivity contribution is 5.39. The Hall–Kier alpha value is -2.01. The van der Waals surface area contributed by atoms with Crippen molar-refractivity contribution in [2.24, 2.45) is 5.92 Å². The number of methoxy groups -OCH3 is 1. The summed E-state index contributed by atoms with van der Waals surface area (Å²) in [5.41, 5.74) is 1.10. The lowest BCUT2D eigenvalue weighted by atomic mass is 9.68. The van der Waals surface area contributed by atoms with Crippen LogP contribution in [-0.2, 0) is 5.41 Å². The van der Waals surface area contributed by atoms with E-state index in [1.54, 1.807) is 7.11 Å². The van der Waals surface area contributed by atoms with E-state index in [9.17, 15) is 0 Å². The van der Waals surface area contributed by atoms with Gasteiger partial charge in [0.2, 0.25) is 0 Å². The van der Waals surface area contributed by atoms with E-state index in [0.29, 0.717) is 6.42 Å². The average Bonchev–Trinajstić information content (AvgIpc) is 2.42. The number of rotatable bonds is 3. The lowest BCUT2D eigenvalue weighted by Crippen LogP contribution is -2.30. The van der Waals surface area contributed by atoms with Crippen molar-refractivity contribution in [1.82, 2.24) is 0 Å². The van der Waals surface area contributed by atoms with Gasteiger partial charge in [0.1, 0.15) is 5.75 Å². The van der Waals surface area contributed by atoms with Crippen molar-refractivity contribution in [2.45, 2.75) is 18.8 Å². The molecule has 0 N–H and O–H groups in total. The number of allylic oxidation sites excluding steroid dienone is 4. The summed E-state index contributed by atoms with van der Waals surface area (Å²) in [6.45, 7) is 2.18. The fourth-order valence-corrected chi connectivity index (χ4v) is 2.42. The van der Waals surface area contributed by atoms with Crippen LogP contribution in [0.3, 0.4) is 0 Å². The lowest BCUT2D eigenvalue weighted by Gasteiger charge is -2.34. The second-order valence-corrected chi connectivity index (χ2v) is 4.72. The largest absolute Gasteiger partial charge is 0.497 e. The van der Waals surface area contributed by atoms with Gasteiger partial charge in [0.25, 0.3) is 0 Å². The highest BCUT2D eigenvalue weighted by Crippen LogP contribution is 2.39. The first-order chi connectivity index (χ1) is 8.70. The lowest BCUT2D eigenvalue weighted by molar-refractivity contribution is 0.411. The molecule has 92 valence electrons. The van der Waals surface area contributed by atoms with Gasteiger partial charge in [0.15, 0.2) is 0 Å². The van der Waals surface area contributed by atoms with Crippen LogP contribution in [0, 0.1) is 17.2 Å². The SMILES string of the molecule is COc1ccc(C2(C)C=CC=CC2CC#N)cc1. The molecule has 1 aliphatic carbocycles. The van der Waals surface area contributed by atoms with Gasteiger partial charge >= 0.3 is 0 Å². The molecular formula is C16H17NO. The molecule has 0 saturated heterocycles. The molecule has 18 heavy (non-hydrogen) atoms. The molecule has 0 saturated carbocycles. The Morgan fingerprint density at radius 3 is 2.61 bits per heavy atom. The van der Waals surface area contributed by atoms with Gasteiger partial charge in [-0.25, -0.2) is 0 Å². The van der Waals surface area contributed by atoms with Gasteiger partial charge in [-0.1, -0.05) is 43.4 Å². The summed E-state index contributed by atoms with van der Waals surface area (Å²) in [5.74, 6) is 1.08. The summed E-state index contributed by atoms with van der Waals surface area (Å²) in [4.78, 5) is 0. The van der Waals surface area contributed by atoms with Crippen LogP contribution in [0.25, 0.3) is 0 Å². The predicted octanol–water partition coefficient (Wildman–Crippen LogP) is 3.61. The van der Waals surface area contributed by atoms with Crippen molar-refractivity contribution in [3.05, 3.63) is 54.1 Å². The molecule has 1 aromatic carbocycles. The topological polar surface area (TPSA) is 33.0 Å². The number of benzene rings is 1. The fraction of sp³-hybridized carbons (Fsp3) is 0.312. The zero-order valence-corrected chi connectivity index (χ0v) is 10.8. The number of ether oxygens (including phenoxy) is 1. The maximum absolute atomic E-state index is 8.95. The summed E-state index contributed by atoms with van der Waals surface area (Å²) in [7, 11) is 1.67. The maximum atomic E-state index is 8.95. The standard InChI is InChI=1S/C16H17NO/c1-16(11-4-3-5-13(16)10-12-17)14-6-8-15(18-2)9-7-14/h3-9,11,13H,10H2,1-2H3. The second kappa shape index (κ2) is 5.10. The smallest absolute Gasteiger partial charge is 0.118 e. The predicted molar refractivity (Wildman–Crippen MR) is 72.3 cm³/mol. The highest BCUT2D eigenvalue weighted by Gasteiger charge is 2.33. The first-order valence-electron chi connectivity index (χ1n) is 6.08. The van der Waals surface area contributed by atoms with Crippen molar-refractivity contribution in [2.75, 3.05) is 7.11 Å². The molecule has 0 aromatic heterocycles. The van der Waals surface area contributed by atoms with Crippen LogP contribution in [0.15, 0.2) is 48.6 Å². The molecule has 2 heteroatoms. The third-order valence-electron chi connectivity index (χ3n) is 3.69. The molecule has 2 atom stereocenters. The summed E-state index contributed by atoms with van der Waals surface area (Å²) in [6.07, 6.45) is 8.90. The minimum atomic E-state index is -0.114. The quantitative estimate of drug-likeness (QED) is 0.807. The van der Waals surface area contributed by atoms with Crippen molar-refractivity contribution in [1.29, 1.82) is 5.26 Å². The van der Waals surface area contributed by atoms with Crippen LogP contribution in [0.5, 0.6) is 5.75 Å². The molecule has 0 fully saturated rings. The van der Waals surface area contributed by atoms with Gasteiger partial charge in [-0.2, -0.15) is 5.26 Å². The minimum Gasteiger partial charge on any atom is -0.497 e. The molecule has 2 rings (SSSR count). The van der Waals surface area contributed by atoms with E-state index in [4.69, 9.17) is 10.00 Å². The number of nitrogens with zero attached hydrogens (tertiary/aromatic N) is 1. The van der Waals surface area contributed by atoms with Crippen molar-refractivity contribution >= 4 is 0 Å². The van der Waals surface area contributed by atoms with Crippen molar-refractivity contribution < 1.29 is 4.74 Å². The van der Waals surface area contributed by atoms with Gasteiger partial charge in [-0.3, -0.25) is 0 Å². The minimum absolute atomic E-state index is 0.114. The van der Waals surface area contributed by atoms with Crippen LogP contribution >= 0.6 is 0 Å². The first kappa shape index (κ1) is 12.4. The Morgan fingerprint density at radius 2 is 2.00 bits per heavy atom. The van der Waals surface area contributed by atoms with Gasteiger partial charge in [0, 0.05) is 17.8 Å². The monoisotopic (exact) mass is 239 g/mol. The zero-order valence-electron chi connectivity index (χ0n) is 10.8. The molecule has 0 radical (unpaired) electrons. The molecule has 1 aromatic rings. The van der Waals surface area contributed by atoms with Crippen LogP contribution in [0.4, 0.5) is 0 Å². The Labute approximate surface area is 108 Å². The van der Waals surface area contributed by atoms with Crippen molar-refractivity contribution in [3.8, 4) is 11.8 Å². The van der Waals surface area contributed by atoms with Gasteiger partial charge in [-0.15, -0.1) is 0 Å². The number of hydrogen-bond donors (Lipinski definition) is 0. The van der Waals surface area contributed by atoms with E-state index >= 15 is 0 Å². The molecule has 0 amide bonds. The average molecular weight is 239 g/mol. The van der Waals surface area contributed by atoms with E-state index in [0.717, 1.165) is 5.75 Å². The number of nitriles is 1. The molecule has 0 spiro atoms.